The Labute approximate surface area is 106 Å². The monoisotopic (exact) mass is 250 g/mol. The summed E-state index contributed by atoms with van der Waals surface area (Å²) in [6.07, 6.45) is 5.28. The Morgan fingerprint density at radius 3 is 2.89 bits per heavy atom. The van der Waals surface area contributed by atoms with Crippen molar-refractivity contribution < 1.29 is 14.0 Å². The second-order valence-electron chi connectivity index (χ2n) is 3.87. The molecule has 0 radical (unpaired) electrons. The molecule has 1 rings (SSSR count). The molecule has 0 aliphatic rings. The molecule has 0 spiro atoms. The van der Waals surface area contributed by atoms with Gasteiger partial charge in [-0.2, -0.15) is 0 Å². The van der Waals surface area contributed by atoms with Crippen LogP contribution in [0.2, 0.25) is 0 Å². The number of hydrogen-bond donors (Lipinski definition) is 2. The molecule has 1 aromatic heterocycles. The predicted octanol–water partition coefficient (Wildman–Crippen LogP) is 1.32. The first-order valence-corrected chi connectivity index (χ1v) is 5.93. The summed E-state index contributed by atoms with van der Waals surface area (Å²) in [6, 6.07) is 2.92. The highest BCUT2D eigenvalue weighted by molar-refractivity contribution is 5.95. The van der Waals surface area contributed by atoms with E-state index >= 15 is 0 Å². The molecule has 0 saturated heterocycles. The Bertz CT molecular complexity index is 410. The van der Waals surface area contributed by atoms with Gasteiger partial charge in [0.2, 0.25) is 11.8 Å². The highest BCUT2D eigenvalue weighted by Gasteiger charge is 2.12. The summed E-state index contributed by atoms with van der Waals surface area (Å²) in [5.41, 5.74) is 0. The Morgan fingerprint density at radius 2 is 2.28 bits per heavy atom. The molecule has 5 heteroatoms. The number of furan rings is 1. The van der Waals surface area contributed by atoms with Crippen LogP contribution >= 0.6 is 0 Å². The lowest BCUT2D eigenvalue weighted by Gasteiger charge is -2.12. The van der Waals surface area contributed by atoms with E-state index in [1.165, 1.54) is 12.3 Å². The number of nitrogens with one attached hydrogen (secondary N) is 2. The van der Waals surface area contributed by atoms with E-state index in [1.807, 2.05) is 6.92 Å². The largest absolute Gasteiger partial charge is 0.465 e. The van der Waals surface area contributed by atoms with Gasteiger partial charge < -0.3 is 15.1 Å². The minimum absolute atomic E-state index is 0.184. The normalized spacial score (nSPS) is 12.3. The molecule has 0 aliphatic heterocycles. The van der Waals surface area contributed by atoms with Crippen LogP contribution < -0.4 is 10.6 Å². The third-order valence-electron chi connectivity index (χ3n) is 2.24. The maximum atomic E-state index is 11.5. The summed E-state index contributed by atoms with van der Waals surface area (Å²) in [5, 5.41) is 5.28. The first-order valence-electron chi connectivity index (χ1n) is 5.93. The smallest absolute Gasteiger partial charge is 0.244 e. The number of hydrogen-bond acceptors (Lipinski definition) is 3. The fourth-order valence-electron chi connectivity index (χ4n) is 1.27. The lowest BCUT2D eigenvalue weighted by atomic mass is 10.3. The summed E-state index contributed by atoms with van der Waals surface area (Å²) in [7, 11) is 0. The molecular weight excluding hydrogens is 232 g/mol. The molecular formula is C13H18N2O3. The highest BCUT2D eigenvalue weighted by atomic mass is 16.3. The van der Waals surface area contributed by atoms with Gasteiger partial charge in [-0.05, 0) is 31.6 Å². The Hall–Kier alpha value is -2.04. The van der Waals surface area contributed by atoms with Gasteiger partial charge in [0.05, 0.1) is 6.26 Å². The van der Waals surface area contributed by atoms with Crippen molar-refractivity contribution in [3.8, 4) is 0 Å². The average molecular weight is 250 g/mol. The molecule has 2 N–H and O–H groups in total. The van der Waals surface area contributed by atoms with E-state index in [4.69, 9.17) is 4.42 Å². The van der Waals surface area contributed by atoms with Gasteiger partial charge >= 0.3 is 0 Å². The van der Waals surface area contributed by atoms with Crippen LogP contribution in [-0.4, -0.2) is 24.4 Å². The summed E-state index contributed by atoms with van der Waals surface area (Å²) >= 11 is 0. The molecule has 0 bridgehead atoms. The van der Waals surface area contributed by atoms with Crippen LogP contribution in [0.5, 0.6) is 0 Å². The Morgan fingerprint density at radius 1 is 1.50 bits per heavy atom. The minimum atomic E-state index is -0.551. The molecule has 0 aliphatic carbocycles. The van der Waals surface area contributed by atoms with E-state index in [0.29, 0.717) is 12.3 Å². The summed E-state index contributed by atoms with van der Waals surface area (Å²) in [4.78, 5) is 23.0. The number of carbonyl (C=O) groups excluding carboxylic acids is 2. The van der Waals surface area contributed by atoms with Gasteiger partial charge in [0.1, 0.15) is 11.8 Å². The third kappa shape index (κ3) is 4.86. The van der Waals surface area contributed by atoms with Gasteiger partial charge in [-0.15, -0.1) is 0 Å². The zero-order chi connectivity index (χ0) is 13.4. The molecule has 18 heavy (non-hydrogen) atoms. The Balaban J connectivity index is 2.37. The molecule has 2 amide bonds. The minimum Gasteiger partial charge on any atom is -0.465 e. The van der Waals surface area contributed by atoms with Crippen LogP contribution in [0, 0.1) is 0 Å². The number of carbonyl (C=O) groups is 2. The molecule has 1 heterocycles. The predicted molar refractivity (Wildman–Crippen MR) is 68.6 cm³/mol. The van der Waals surface area contributed by atoms with Crippen molar-refractivity contribution in [2.75, 3.05) is 6.54 Å². The maximum Gasteiger partial charge on any atom is 0.244 e. The number of amides is 2. The molecule has 1 aromatic rings. The van der Waals surface area contributed by atoms with Crippen molar-refractivity contribution in [2.24, 2.45) is 0 Å². The third-order valence-corrected chi connectivity index (χ3v) is 2.24. The van der Waals surface area contributed by atoms with E-state index in [2.05, 4.69) is 10.6 Å². The summed E-state index contributed by atoms with van der Waals surface area (Å²) < 4.78 is 5.04. The molecule has 5 nitrogen and oxygen atoms in total. The second-order valence-corrected chi connectivity index (χ2v) is 3.87. The highest BCUT2D eigenvalue weighted by Crippen LogP contribution is 2.01. The van der Waals surface area contributed by atoms with Gasteiger partial charge in [0, 0.05) is 12.6 Å². The molecule has 0 aromatic carbocycles. The summed E-state index contributed by atoms with van der Waals surface area (Å²) in [5.74, 6) is 0.0791. The fourth-order valence-corrected chi connectivity index (χ4v) is 1.27. The molecule has 0 unspecified atom stereocenters. The second kappa shape index (κ2) is 7.32. The van der Waals surface area contributed by atoms with Crippen molar-refractivity contribution in [3.63, 3.8) is 0 Å². The van der Waals surface area contributed by atoms with Crippen LogP contribution in [0.15, 0.2) is 28.9 Å². The van der Waals surface area contributed by atoms with E-state index in [-0.39, 0.29) is 11.8 Å². The Kier molecular flexibility index (Phi) is 5.70. The first-order chi connectivity index (χ1) is 8.63. The molecule has 0 fully saturated rings. The van der Waals surface area contributed by atoms with E-state index in [9.17, 15) is 9.59 Å². The van der Waals surface area contributed by atoms with E-state index in [1.54, 1.807) is 25.1 Å². The number of rotatable bonds is 6. The van der Waals surface area contributed by atoms with Crippen molar-refractivity contribution in [2.45, 2.75) is 26.3 Å². The van der Waals surface area contributed by atoms with E-state index in [0.717, 1.165) is 6.42 Å². The van der Waals surface area contributed by atoms with Gasteiger partial charge in [-0.1, -0.05) is 6.92 Å². The quantitative estimate of drug-likeness (QED) is 0.748. The lowest BCUT2D eigenvalue weighted by molar-refractivity contribution is -0.126. The zero-order valence-electron chi connectivity index (χ0n) is 10.6. The summed E-state index contributed by atoms with van der Waals surface area (Å²) in [6.45, 7) is 4.22. The fraction of sp³-hybridized carbons (Fsp3) is 0.385. The van der Waals surface area contributed by atoms with Crippen LogP contribution in [0.1, 0.15) is 26.0 Å². The zero-order valence-corrected chi connectivity index (χ0v) is 10.6. The molecule has 98 valence electrons. The van der Waals surface area contributed by atoms with Crippen LogP contribution in [0.25, 0.3) is 6.08 Å². The van der Waals surface area contributed by atoms with Crippen molar-refractivity contribution in [1.29, 1.82) is 0 Å². The lowest BCUT2D eigenvalue weighted by Crippen LogP contribution is -2.44. The topological polar surface area (TPSA) is 71.3 Å². The molecule has 0 saturated carbocycles. The van der Waals surface area contributed by atoms with Gasteiger partial charge in [-0.25, -0.2) is 0 Å². The maximum absolute atomic E-state index is 11.5. The van der Waals surface area contributed by atoms with Crippen LogP contribution in [-0.2, 0) is 9.59 Å². The van der Waals surface area contributed by atoms with Gasteiger partial charge in [-0.3, -0.25) is 9.59 Å². The van der Waals surface area contributed by atoms with Gasteiger partial charge in [0.25, 0.3) is 0 Å². The van der Waals surface area contributed by atoms with Crippen LogP contribution in [0.4, 0.5) is 0 Å². The average Bonchev–Trinajstić information content (AvgIpc) is 2.86. The van der Waals surface area contributed by atoms with Crippen LogP contribution in [0.3, 0.4) is 0 Å². The van der Waals surface area contributed by atoms with E-state index < -0.39 is 6.04 Å². The van der Waals surface area contributed by atoms with Crippen molar-refractivity contribution in [1.82, 2.24) is 10.6 Å². The standard InChI is InChI=1S/C13H18N2O3/c1-3-8-14-13(17)10(2)15-12(16)7-6-11-5-4-9-18-11/h4-7,9-10H,3,8H2,1-2H3,(H,14,17)(H,15,16)/b7-6+/t10-/m1/s1. The molecule has 1 atom stereocenters. The van der Waals surface area contributed by atoms with Crippen molar-refractivity contribution >= 4 is 17.9 Å². The van der Waals surface area contributed by atoms with Crippen molar-refractivity contribution in [3.05, 3.63) is 30.2 Å². The SMILES string of the molecule is CCCNC(=O)[C@@H](C)NC(=O)/C=C/c1ccco1. The van der Waals surface area contributed by atoms with Gasteiger partial charge in [0.15, 0.2) is 0 Å². The first kappa shape index (κ1) is 14.0.